The monoisotopic (exact) mass is 411 g/mol. The standard InChI is InChI=1S/C21H26BN3O5/c1-29-24-20(26)19(23)8-5-11-25(13-15-6-3-2-4-7-15)21(27)16-9-10-18-17(12-16)14-30-22(18)28/h2-4,6-7,9-10,12,19,28H,5,8,11,13-14,23H2,1H3,(H,24,26)/t19-/m0/s1. The van der Waals surface area contributed by atoms with Crippen LogP contribution < -0.4 is 16.7 Å². The van der Waals surface area contributed by atoms with Gasteiger partial charge in [-0.05, 0) is 41.6 Å². The number of nitrogens with one attached hydrogen (secondary N) is 1. The summed E-state index contributed by atoms with van der Waals surface area (Å²) in [5, 5.41) is 9.80. The second kappa shape index (κ2) is 10.4. The van der Waals surface area contributed by atoms with Gasteiger partial charge in [-0.3, -0.25) is 14.4 Å². The number of nitrogens with two attached hydrogens (primary N) is 1. The molecule has 3 rings (SSSR count). The first-order valence-corrected chi connectivity index (χ1v) is 9.83. The Labute approximate surface area is 176 Å². The van der Waals surface area contributed by atoms with Crippen molar-refractivity contribution in [3.63, 3.8) is 0 Å². The van der Waals surface area contributed by atoms with E-state index in [1.165, 1.54) is 7.11 Å². The van der Waals surface area contributed by atoms with Gasteiger partial charge in [0.1, 0.15) is 0 Å². The molecule has 0 unspecified atom stereocenters. The molecule has 0 saturated heterocycles. The zero-order valence-corrected chi connectivity index (χ0v) is 16.9. The highest BCUT2D eigenvalue weighted by atomic mass is 16.6. The van der Waals surface area contributed by atoms with Gasteiger partial charge in [0.05, 0.1) is 19.8 Å². The van der Waals surface area contributed by atoms with Gasteiger partial charge in [0.15, 0.2) is 0 Å². The lowest BCUT2D eigenvalue weighted by atomic mass is 9.79. The van der Waals surface area contributed by atoms with Gasteiger partial charge >= 0.3 is 7.12 Å². The third-order valence-electron chi connectivity index (χ3n) is 5.04. The summed E-state index contributed by atoms with van der Waals surface area (Å²) in [6.45, 7) is 1.16. The fraction of sp³-hybridized carbons (Fsp3) is 0.333. The van der Waals surface area contributed by atoms with Gasteiger partial charge in [-0.1, -0.05) is 36.4 Å². The number of amides is 2. The van der Waals surface area contributed by atoms with Gasteiger partial charge in [0.25, 0.3) is 11.8 Å². The van der Waals surface area contributed by atoms with Crippen molar-refractivity contribution in [2.45, 2.75) is 32.0 Å². The normalized spacial score (nSPS) is 13.6. The van der Waals surface area contributed by atoms with Crippen molar-refractivity contribution >= 4 is 24.4 Å². The summed E-state index contributed by atoms with van der Waals surface area (Å²) >= 11 is 0. The Morgan fingerprint density at radius 1 is 1.30 bits per heavy atom. The van der Waals surface area contributed by atoms with Crippen molar-refractivity contribution in [1.82, 2.24) is 10.4 Å². The molecule has 0 fully saturated rings. The Morgan fingerprint density at radius 2 is 2.07 bits per heavy atom. The topological polar surface area (TPSA) is 114 Å². The number of hydrogen-bond donors (Lipinski definition) is 3. The van der Waals surface area contributed by atoms with Crippen molar-refractivity contribution in [2.24, 2.45) is 5.73 Å². The molecular weight excluding hydrogens is 385 g/mol. The van der Waals surface area contributed by atoms with Crippen LogP contribution in [0.4, 0.5) is 0 Å². The molecule has 0 spiro atoms. The highest BCUT2D eigenvalue weighted by molar-refractivity contribution is 6.61. The van der Waals surface area contributed by atoms with Crippen LogP contribution in [0.15, 0.2) is 48.5 Å². The first-order chi connectivity index (χ1) is 14.5. The third kappa shape index (κ3) is 5.45. The summed E-state index contributed by atoms with van der Waals surface area (Å²) in [5.74, 6) is -0.520. The zero-order chi connectivity index (χ0) is 21.5. The lowest BCUT2D eigenvalue weighted by molar-refractivity contribution is -0.132. The predicted octanol–water partition coefficient (Wildman–Crippen LogP) is 0.332. The summed E-state index contributed by atoms with van der Waals surface area (Å²) in [7, 11) is 0.412. The summed E-state index contributed by atoms with van der Waals surface area (Å²) < 4.78 is 5.22. The molecule has 4 N–H and O–H groups in total. The summed E-state index contributed by atoms with van der Waals surface area (Å²) in [5.41, 5.74) is 11.1. The van der Waals surface area contributed by atoms with Crippen LogP contribution in [-0.2, 0) is 27.4 Å². The second-order valence-electron chi connectivity index (χ2n) is 7.21. The third-order valence-corrected chi connectivity index (χ3v) is 5.04. The van der Waals surface area contributed by atoms with Crippen LogP contribution in [0, 0.1) is 0 Å². The molecule has 2 aromatic rings. The van der Waals surface area contributed by atoms with Crippen LogP contribution in [0.25, 0.3) is 0 Å². The number of nitrogens with zero attached hydrogens (tertiary/aromatic N) is 1. The number of benzene rings is 2. The van der Waals surface area contributed by atoms with E-state index >= 15 is 0 Å². The molecule has 2 aromatic carbocycles. The largest absolute Gasteiger partial charge is 0.491 e. The van der Waals surface area contributed by atoms with Gasteiger partial charge < -0.3 is 20.3 Å². The van der Waals surface area contributed by atoms with Crippen LogP contribution in [0.3, 0.4) is 0 Å². The molecule has 158 valence electrons. The van der Waals surface area contributed by atoms with E-state index in [2.05, 4.69) is 10.3 Å². The fourth-order valence-corrected chi connectivity index (χ4v) is 3.41. The molecule has 9 heteroatoms. The maximum Gasteiger partial charge on any atom is 0.491 e. The van der Waals surface area contributed by atoms with E-state index in [-0.39, 0.29) is 12.5 Å². The lowest BCUT2D eigenvalue weighted by Crippen LogP contribution is -2.40. The maximum absolute atomic E-state index is 13.2. The van der Waals surface area contributed by atoms with Crippen LogP contribution in [0.2, 0.25) is 0 Å². The second-order valence-corrected chi connectivity index (χ2v) is 7.21. The molecule has 30 heavy (non-hydrogen) atoms. The highest BCUT2D eigenvalue weighted by Gasteiger charge is 2.28. The van der Waals surface area contributed by atoms with E-state index in [0.717, 1.165) is 11.1 Å². The molecule has 0 bridgehead atoms. The maximum atomic E-state index is 13.2. The van der Waals surface area contributed by atoms with Crippen LogP contribution in [-0.4, -0.2) is 48.6 Å². The number of carbonyl (C=O) groups is 2. The van der Waals surface area contributed by atoms with E-state index in [4.69, 9.17) is 10.4 Å². The van der Waals surface area contributed by atoms with E-state index in [1.54, 1.807) is 23.1 Å². The van der Waals surface area contributed by atoms with Crippen molar-refractivity contribution < 1.29 is 24.1 Å². The molecular formula is C21H26BN3O5. The minimum Gasteiger partial charge on any atom is -0.423 e. The number of fused-ring (bicyclic) bond motifs is 1. The van der Waals surface area contributed by atoms with E-state index in [0.29, 0.717) is 37.0 Å². The molecule has 1 atom stereocenters. The highest BCUT2D eigenvalue weighted by Crippen LogP contribution is 2.16. The van der Waals surface area contributed by atoms with Crippen molar-refractivity contribution in [2.75, 3.05) is 13.7 Å². The van der Waals surface area contributed by atoms with Crippen LogP contribution in [0.1, 0.15) is 34.3 Å². The minimum atomic E-state index is -0.940. The first kappa shape index (κ1) is 22.0. The van der Waals surface area contributed by atoms with Crippen LogP contribution in [0.5, 0.6) is 0 Å². The summed E-state index contributed by atoms with van der Waals surface area (Å²) in [6, 6.07) is 14.2. The van der Waals surface area contributed by atoms with Crippen molar-refractivity contribution in [3.05, 3.63) is 65.2 Å². The van der Waals surface area contributed by atoms with Gasteiger partial charge in [-0.2, -0.15) is 0 Å². The zero-order valence-electron chi connectivity index (χ0n) is 16.9. The molecule has 8 nitrogen and oxygen atoms in total. The van der Waals surface area contributed by atoms with Gasteiger partial charge in [0.2, 0.25) is 0 Å². The summed E-state index contributed by atoms with van der Waals surface area (Å²) in [4.78, 5) is 31.3. The molecule has 0 radical (unpaired) electrons. The van der Waals surface area contributed by atoms with E-state index < -0.39 is 19.1 Å². The Morgan fingerprint density at radius 3 is 2.80 bits per heavy atom. The quantitative estimate of drug-likeness (QED) is 0.405. The molecule has 0 aromatic heterocycles. The molecule has 1 aliphatic heterocycles. The molecule has 1 heterocycles. The van der Waals surface area contributed by atoms with E-state index in [9.17, 15) is 14.6 Å². The van der Waals surface area contributed by atoms with Crippen LogP contribution >= 0.6 is 0 Å². The number of hydroxylamine groups is 1. The average Bonchev–Trinajstić information content (AvgIpc) is 3.13. The van der Waals surface area contributed by atoms with Crippen molar-refractivity contribution in [3.8, 4) is 0 Å². The van der Waals surface area contributed by atoms with Gasteiger partial charge in [0, 0.05) is 18.7 Å². The first-order valence-electron chi connectivity index (χ1n) is 9.83. The lowest BCUT2D eigenvalue weighted by Gasteiger charge is -2.24. The Hall–Kier alpha value is -2.72. The van der Waals surface area contributed by atoms with Crippen molar-refractivity contribution in [1.29, 1.82) is 0 Å². The average molecular weight is 411 g/mol. The Bertz CT molecular complexity index is 880. The molecule has 1 aliphatic rings. The van der Waals surface area contributed by atoms with E-state index in [1.807, 2.05) is 30.3 Å². The molecule has 2 amide bonds. The number of carbonyl (C=O) groups excluding carboxylic acids is 2. The molecule has 0 aliphatic carbocycles. The predicted molar refractivity (Wildman–Crippen MR) is 112 cm³/mol. The molecule has 0 saturated carbocycles. The Kier molecular flexibility index (Phi) is 7.59. The van der Waals surface area contributed by atoms with Gasteiger partial charge in [-0.25, -0.2) is 5.48 Å². The number of hydrogen-bond acceptors (Lipinski definition) is 6. The smallest absolute Gasteiger partial charge is 0.423 e. The SMILES string of the molecule is CONC(=O)[C@@H](N)CCCN(Cc1ccccc1)C(=O)c1ccc2c(c1)COB2O. The Balaban J connectivity index is 1.70. The summed E-state index contributed by atoms with van der Waals surface area (Å²) in [6.07, 6.45) is 0.974. The number of rotatable bonds is 9. The van der Waals surface area contributed by atoms with Gasteiger partial charge in [-0.15, -0.1) is 0 Å². The fourth-order valence-electron chi connectivity index (χ4n) is 3.41. The minimum absolute atomic E-state index is 0.127.